The third-order valence-electron chi connectivity index (χ3n) is 15.6. The first-order valence-corrected chi connectivity index (χ1v) is 26.0. The van der Waals surface area contributed by atoms with E-state index in [-0.39, 0.29) is 38.9 Å². The molecule has 7 aromatic rings. The van der Waals surface area contributed by atoms with Crippen molar-refractivity contribution < 1.29 is 22.9 Å². The Morgan fingerprint density at radius 3 is 2.56 bits per heavy atom. The van der Waals surface area contributed by atoms with Gasteiger partial charge in [-0.3, -0.25) is 29.6 Å². The Morgan fingerprint density at radius 1 is 0.971 bits per heavy atom. The van der Waals surface area contributed by atoms with Crippen LogP contribution in [0.2, 0.25) is 0 Å². The fourth-order valence-corrected chi connectivity index (χ4v) is 12.8. The normalized spacial score (nSPS) is 19.1. The van der Waals surface area contributed by atoms with Crippen LogP contribution >= 0.6 is 0 Å². The highest BCUT2D eigenvalue weighted by atomic mass is 32.2. The summed E-state index contributed by atoms with van der Waals surface area (Å²) in [7, 11) is -4.65. The predicted molar refractivity (Wildman–Crippen MR) is 270 cm³/mol. The molecule has 1 aliphatic carbocycles. The zero-order valence-corrected chi connectivity index (χ0v) is 40.2. The summed E-state index contributed by atoms with van der Waals surface area (Å²) in [5, 5.41) is 16.4. The van der Waals surface area contributed by atoms with Gasteiger partial charge in [0.1, 0.15) is 16.9 Å². The van der Waals surface area contributed by atoms with Crippen LogP contribution in [0.4, 0.5) is 17.1 Å². The molecule has 3 aromatic carbocycles. The van der Waals surface area contributed by atoms with Crippen LogP contribution in [0, 0.1) is 21.4 Å². The number of H-pyrrole nitrogens is 1. The van der Waals surface area contributed by atoms with E-state index < -0.39 is 31.4 Å². The molecule has 0 radical (unpaired) electrons. The van der Waals surface area contributed by atoms with Crippen molar-refractivity contribution in [2.24, 2.45) is 11.3 Å². The number of rotatable bonds is 12. The quantitative estimate of drug-likeness (QED) is 0.0598. The highest BCUT2D eigenvalue weighted by Crippen LogP contribution is 2.54. The molecule has 3 aliphatic heterocycles. The molecule has 1 saturated carbocycles. The van der Waals surface area contributed by atoms with Gasteiger partial charge in [-0.05, 0) is 135 Å². The third-order valence-corrected chi connectivity index (χ3v) is 16.9. The molecule has 16 nitrogen and oxygen atoms in total. The number of benzene rings is 3. The molecule has 3 N–H and O–H groups in total. The molecule has 70 heavy (non-hydrogen) atoms. The van der Waals surface area contributed by atoms with Crippen LogP contribution < -0.4 is 20.4 Å². The van der Waals surface area contributed by atoms with Gasteiger partial charge in [0.2, 0.25) is 5.43 Å². The molecule has 1 spiro atoms. The lowest BCUT2D eigenvalue weighted by Gasteiger charge is -2.56. The number of fused-ring (bicyclic) bond motifs is 3. The lowest BCUT2D eigenvalue weighted by Crippen LogP contribution is -2.55. The Kier molecular flexibility index (Phi) is 11.9. The number of nitro benzene ring substituents is 1. The van der Waals surface area contributed by atoms with Crippen molar-refractivity contribution in [3.05, 3.63) is 134 Å². The van der Waals surface area contributed by atoms with Gasteiger partial charge in [0, 0.05) is 80.7 Å². The van der Waals surface area contributed by atoms with Crippen molar-refractivity contribution in [2.75, 3.05) is 49.6 Å². The zero-order valence-electron chi connectivity index (χ0n) is 39.4. The number of piperidine rings is 1. The smallest absolute Gasteiger partial charge is 0.293 e. The maximum Gasteiger partial charge on any atom is 0.293 e. The van der Waals surface area contributed by atoms with Crippen molar-refractivity contribution in [1.29, 1.82) is 0 Å². The second kappa shape index (κ2) is 18.2. The molecule has 17 heteroatoms. The summed E-state index contributed by atoms with van der Waals surface area (Å²) in [5.41, 5.74) is 5.29. The summed E-state index contributed by atoms with van der Waals surface area (Å²) >= 11 is 0. The minimum atomic E-state index is -4.65. The number of carbonyl (C=O) groups is 1. The molecule has 7 heterocycles. The third kappa shape index (κ3) is 8.36. The lowest BCUT2D eigenvalue weighted by atomic mass is 9.59. The maximum absolute atomic E-state index is 14.7. The summed E-state index contributed by atoms with van der Waals surface area (Å²) in [6.07, 6.45) is 13.2. The molecule has 0 bridgehead atoms. The highest BCUT2D eigenvalue weighted by Gasteiger charge is 2.50. The summed E-state index contributed by atoms with van der Waals surface area (Å²) in [5.74, 6) is -0.225. The van der Waals surface area contributed by atoms with E-state index in [1.165, 1.54) is 55.1 Å². The Morgan fingerprint density at radius 2 is 1.77 bits per heavy atom. The van der Waals surface area contributed by atoms with Gasteiger partial charge < -0.3 is 24.5 Å². The number of likely N-dealkylation sites (tertiary alicyclic amines) is 1. The Labute approximate surface area is 405 Å². The minimum absolute atomic E-state index is 0.00308. The predicted octanol–water partition coefficient (Wildman–Crippen LogP) is 8.99. The number of aromatic amines is 1. The van der Waals surface area contributed by atoms with Gasteiger partial charge in [-0.25, -0.2) is 18.1 Å². The first kappa shape index (κ1) is 45.7. The number of hydrogen-bond donors (Lipinski definition) is 3. The standard InChI is InChI=1S/C53H57N9O7S/c1-33(2)39-6-3-4-7-40(39)44-8-5-21-60(44)37-29-53(30-37)17-22-59(23-18-53)36-9-11-41(46(27-36)61-45-14-19-54-32-42(45)50(63)49-48(61)26-35-13-20-55-51(35)57-49)52(64)58-70(67,68)38-10-12-43(47(28-38)62(65)66)56-31-34-15-24-69-25-16-34/h3-4,6-7,9-14,19-20,26-28,32-34,37,44,56H,5,8,15-18,21-25,29-31H2,1-2H3,(H,55,57)(H,58,64)/t44-/m0/s1. The fourth-order valence-electron chi connectivity index (χ4n) is 11.8. The van der Waals surface area contributed by atoms with Crippen LogP contribution in [0.5, 0.6) is 0 Å². The van der Waals surface area contributed by atoms with E-state index in [0.29, 0.717) is 60.1 Å². The Bertz CT molecular complexity index is 3350. The first-order chi connectivity index (χ1) is 33.9. The van der Waals surface area contributed by atoms with Crippen molar-refractivity contribution in [2.45, 2.75) is 88.1 Å². The number of pyridine rings is 3. The van der Waals surface area contributed by atoms with E-state index in [9.17, 15) is 28.1 Å². The maximum atomic E-state index is 14.7. The lowest BCUT2D eigenvalue weighted by molar-refractivity contribution is -0.384. The number of nitrogens with one attached hydrogen (secondary N) is 3. The van der Waals surface area contributed by atoms with Gasteiger partial charge in [0.25, 0.3) is 21.6 Å². The summed E-state index contributed by atoms with van der Waals surface area (Å²) in [6, 6.07) is 24.3. The van der Waals surface area contributed by atoms with Gasteiger partial charge in [-0.1, -0.05) is 38.1 Å². The second-order valence-electron chi connectivity index (χ2n) is 20.1. The minimum Gasteiger partial charge on any atom is -0.381 e. The number of nitro groups is 1. The van der Waals surface area contributed by atoms with Gasteiger partial charge in [-0.15, -0.1) is 0 Å². The van der Waals surface area contributed by atoms with Crippen LogP contribution in [-0.2, 0) is 14.8 Å². The summed E-state index contributed by atoms with van der Waals surface area (Å²) in [6.45, 7) is 8.99. The average molecular weight is 964 g/mol. The van der Waals surface area contributed by atoms with Gasteiger partial charge >= 0.3 is 0 Å². The van der Waals surface area contributed by atoms with Gasteiger partial charge in [0.15, 0.2) is 0 Å². The number of hydrogen-bond acceptors (Lipinski definition) is 12. The average Bonchev–Trinajstić information content (AvgIpc) is 4.05. The molecule has 362 valence electrons. The molecule has 3 saturated heterocycles. The van der Waals surface area contributed by atoms with E-state index in [4.69, 9.17) is 9.72 Å². The van der Waals surface area contributed by atoms with Gasteiger partial charge in [0.05, 0.1) is 37.5 Å². The van der Waals surface area contributed by atoms with E-state index >= 15 is 0 Å². The Hall–Kier alpha value is -6.69. The SMILES string of the molecule is CC(C)c1ccccc1[C@@H]1CCCN1C1CC2(CCN(c3ccc(C(=O)NS(=O)(=O)c4ccc(NCC5CCOCC5)c([N+](=O)[O-])c4)c(-n4c5ccncc5c(=O)c5nc6[nH]ccc6cc54)c3)CC2)C1. The molecule has 4 aromatic heterocycles. The first-order valence-electron chi connectivity index (χ1n) is 24.5. The van der Waals surface area contributed by atoms with Crippen LogP contribution in [0.1, 0.15) is 98.7 Å². The van der Waals surface area contributed by atoms with E-state index in [1.54, 1.807) is 29.1 Å². The van der Waals surface area contributed by atoms with E-state index in [2.05, 4.69) is 67.9 Å². The number of sulfonamides is 1. The van der Waals surface area contributed by atoms with E-state index in [1.807, 2.05) is 24.3 Å². The number of amides is 1. The number of anilines is 2. The van der Waals surface area contributed by atoms with Crippen LogP contribution in [-0.4, -0.2) is 89.1 Å². The van der Waals surface area contributed by atoms with Crippen molar-refractivity contribution in [1.82, 2.24) is 29.1 Å². The molecule has 4 aliphatic rings. The van der Waals surface area contributed by atoms with Crippen LogP contribution in [0.15, 0.2) is 107 Å². The molecular weight excluding hydrogens is 907 g/mol. The van der Waals surface area contributed by atoms with Crippen molar-refractivity contribution >= 4 is 66.0 Å². The molecule has 1 amide bonds. The largest absolute Gasteiger partial charge is 0.381 e. The Balaban J connectivity index is 0.909. The summed E-state index contributed by atoms with van der Waals surface area (Å²) in [4.78, 5) is 57.2. The van der Waals surface area contributed by atoms with E-state index in [0.717, 1.165) is 62.5 Å². The van der Waals surface area contributed by atoms with Crippen LogP contribution in [0.3, 0.4) is 0 Å². The van der Waals surface area contributed by atoms with Gasteiger partial charge in [-0.2, -0.15) is 0 Å². The highest BCUT2D eigenvalue weighted by molar-refractivity contribution is 7.90. The monoisotopic (exact) mass is 963 g/mol. The van der Waals surface area contributed by atoms with Crippen molar-refractivity contribution in [3.63, 3.8) is 0 Å². The number of aromatic nitrogens is 4. The molecule has 0 unspecified atom stereocenters. The fraction of sp³-hybridized carbons (Fsp3) is 0.396. The summed E-state index contributed by atoms with van der Waals surface area (Å²) < 4.78 is 37.7. The van der Waals surface area contributed by atoms with Crippen molar-refractivity contribution in [3.8, 4) is 5.69 Å². The number of ether oxygens (including phenoxy) is 1. The number of carbonyl (C=O) groups excluding carboxylic acids is 1. The molecule has 1 atom stereocenters. The molecular formula is C53H57N9O7S. The topological polar surface area (TPSA) is 198 Å². The van der Waals surface area contributed by atoms with Crippen LogP contribution in [0.25, 0.3) is 38.7 Å². The molecule has 11 rings (SSSR count). The molecule has 4 fully saturated rings. The number of nitrogens with zero attached hydrogens (tertiary/aromatic N) is 6. The zero-order chi connectivity index (χ0) is 48.3. The second-order valence-corrected chi connectivity index (χ2v) is 21.7.